The number of amides is 1. The van der Waals surface area contributed by atoms with Crippen molar-refractivity contribution in [1.29, 1.82) is 0 Å². The third-order valence-electron chi connectivity index (χ3n) is 3.89. The molecule has 0 bridgehead atoms. The number of aromatic nitrogens is 5. The maximum absolute atomic E-state index is 13.1. The maximum Gasteiger partial charge on any atom is 0.230 e. The Morgan fingerprint density at radius 3 is 2.86 bits per heavy atom. The van der Waals surface area contributed by atoms with Crippen LogP contribution in [-0.4, -0.2) is 36.6 Å². The highest BCUT2D eigenvalue weighted by molar-refractivity contribution is 8.00. The lowest BCUT2D eigenvalue weighted by Gasteiger charge is -2.04. The van der Waals surface area contributed by atoms with Crippen molar-refractivity contribution in [2.45, 2.75) is 18.1 Å². The molecular formula is C18H15FN6O2S. The molecule has 0 fully saturated rings. The third kappa shape index (κ3) is 4.17. The van der Waals surface area contributed by atoms with Crippen LogP contribution in [0.25, 0.3) is 11.2 Å². The van der Waals surface area contributed by atoms with Crippen LogP contribution < -0.4 is 5.32 Å². The van der Waals surface area contributed by atoms with E-state index in [2.05, 4.69) is 25.6 Å². The first-order valence-corrected chi connectivity index (χ1v) is 9.38. The Kier molecular flexibility index (Phi) is 5.29. The zero-order valence-corrected chi connectivity index (χ0v) is 15.4. The molecule has 10 heteroatoms. The Morgan fingerprint density at radius 1 is 1.21 bits per heavy atom. The van der Waals surface area contributed by atoms with Gasteiger partial charge in [-0.3, -0.25) is 4.79 Å². The molecule has 1 N–H and O–H groups in total. The largest absolute Gasteiger partial charge is 0.467 e. The van der Waals surface area contributed by atoms with Crippen LogP contribution in [0.3, 0.4) is 0 Å². The standard InChI is InChI=1S/C18H15FN6O2S/c19-13-5-3-12(4-6-13)9-25-17-16(23-24-25)18(22-11-21-17)28-10-15(26)20-8-14-2-1-7-27-14/h1-7,11H,8-10H2,(H,20,26). The van der Waals surface area contributed by atoms with E-state index in [4.69, 9.17) is 4.42 Å². The molecule has 4 rings (SSSR count). The summed E-state index contributed by atoms with van der Waals surface area (Å²) in [6.45, 7) is 0.737. The average Bonchev–Trinajstić information content (AvgIpc) is 3.37. The first kappa shape index (κ1) is 18.1. The lowest BCUT2D eigenvalue weighted by Crippen LogP contribution is -2.24. The summed E-state index contributed by atoms with van der Waals surface area (Å²) in [5, 5.41) is 11.6. The number of hydrogen-bond donors (Lipinski definition) is 1. The number of thioether (sulfide) groups is 1. The first-order chi connectivity index (χ1) is 13.7. The van der Waals surface area contributed by atoms with E-state index in [0.717, 1.165) is 5.56 Å². The molecule has 28 heavy (non-hydrogen) atoms. The van der Waals surface area contributed by atoms with Crippen molar-refractivity contribution in [1.82, 2.24) is 30.3 Å². The minimum atomic E-state index is -0.293. The highest BCUT2D eigenvalue weighted by atomic mass is 32.2. The van der Waals surface area contributed by atoms with Crippen LogP contribution in [0.4, 0.5) is 4.39 Å². The molecule has 0 saturated carbocycles. The normalized spacial score (nSPS) is 11.0. The molecule has 0 atom stereocenters. The molecule has 1 amide bonds. The third-order valence-corrected chi connectivity index (χ3v) is 4.87. The Hall–Kier alpha value is -3.27. The van der Waals surface area contributed by atoms with Crippen LogP contribution in [0.2, 0.25) is 0 Å². The van der Waals surface area contributed by atoms with Gasteiger partial charge in [-0.2, -0.15) is 0 Å². The maximum atomic E-state index is 13.1. The summed E-state index contributed by atoms with van der Waals surface area (Å²) in [5.74, 6) is 0.425. The number of furan rings is 1. The van der Waals surface area contributed by atoms with E-state index in [1.54, 1.807) is 35.2 Å². The lowest BCUT2D eigenvalue weighted by molar-refractivity contribution is -0.118. The number of fused-ring (bicyclic) bond motifs is 1. The molecule has 142 valence electrons. The van der Waals surface area contributed by atoms with Gasteiger partial charge < -0.3 is 9.73 Å². The summed E-state index contributed by atoms with van der Waals surface area (Å²) in [5.41, 5.74) is 1.95. The molecule has 0 radical (unpaired) electrons. The molecule has 8 nitrogen and oxygen atoms in total. The predicted octanol–water partition coefficient (Wildman–Crippen LogP) is 2.41. The van der Waals surface area contributed by atoms with Crippen LogP contribution in [0.15, 0.2) is 58.4 Å². The highest BCUT2D eigenvalue weighted by Gasteiger charge is 2.14. The van der Waals surface area contributed by atoms with Crippen LogP contribution in [-0.2, 0) is 17.9 Å². The zero-order chi connectivity index (χ0) is 19.3. The van der Waals surface area contributed by atoms with Crippen LogP contribution in [0.5, 0.6) is 0 Å². The van der Waals surface area contributed by atoms with Gasteiger partial charge in [-0.25, -0.2) is 19.0 Å². The number of carbonyl (C=O) groups is 1. The monoisotopic (exact) mass is 398 g/mol. The predicted molar refractivity (Wildman–Crippen MR) is 99.9 cm³/mol. The fourth-order valence-corrected chi connectivity index (χ4v) is 3.29. The quantitative estimate of drug-likeness (QED) is 0.377. The highest BCUT2D eigenvalue weighted by Crippen LogP contribution is 2.22. The number of nitrogens with zero attached hydrogens (tertiary/aromatic N) is 5. The van der Waals surface area contributed by atoms with Gasteiger partial charge in [0.05, 0.1) is 25.1 Å². The fraction of sp³-hybridized carbons (Fsp3) is 0.167. The summed E-state index contributed by atoms with van der Waals surface area (Å²) >= 11 is 1.26. The summed E-state index contributed by atoms with van der Waals surface area (Å²) in [4.78, 5) is 20.5. The van der Waals surface area contributed by atoms with E-state index in [1.165, 1.54) is 30.2 Å². The van der Waals surface area contributed by atoms with Crippen molar-refractivity contribution in [3.63, 3.8) is 0 Å². The second kappa shape index (κ2) is 8.17. The second-order valence-corrected chi connectivity index (χ2v) is 6.83. The van der Waals surface area contributed by atoms with E-state index >= 15 is 0 Å². The second-order valence-electron chi connectivity index (χ2n) is 5.87. The van der Waals surface area contributed by atoms with Gasteiger partial charge in [-0.15, -0.1) is 5.10 Å². The minimum absolute atomic E-state index is 0.146. The van der Waals surface area contributed by atoms with Gasteiger partial charge in [0.15, 0.2) is 11.2 Å². The zero-order valence-electron chi connectivity index (χ0n) is 14.6. The number of nitrogens with one attached hydrogen (secondary N) is 1. The number of benzene rings is 1. The Bertz CT molecular complexity index is 1080. The SMILES string of the molecule is O=C(CSc1ncnc2c1nnn2Cc1ccc(F)cc1)NCc1ccco1. The fourth-order valence-electron chi connectivity index (χ4n) is 2.53. The summed E-state index contributed by atoms with van der Waals surface area (Å²) in [7, 11) is 0. The van der Waals surface area contributed by atoms with Crippen LogP contribution in [0.1, 0.15) is 11.3 Å². The molecule has 0 saturated heterocycles. The van der Waals surface area contributed by atoms with E-state index in [-0.39, 0.29) is 17.5 Å². The summed E-state index contributed by atoms with van der Waals surface area (Å²) < 4.78 is 19.9. The van der Waals surface area contributed by atoms with Crippen molar-refractivity contribution in [2.75, 3.05) is 5.75 Å². The summed E-state index contributed by atoms with van der Waals surface area (Å²) in [6.07, 6.45) is 2.97. The van der Waals surface area contributed by atoms with Gasteiger partial charge in [0.2, 0.25) is 5.91 Å². The van der Waals surface area contributed by atoms with Crippen molar-refractivity contribution >= 4 is 28.8 Å². The van der Waals surface area contributed by atoms with Crippen molar-refractivity contribution in [3.05, 3.63) is 66.1 Å². The molecular weight excluding hydrogens is 383 g/mol. The molecule has 3 heterocycles. The lowest BCUT2D eigenvalue weighted by atomic mass is 10.2. The van der Waals surface area contributed by atoms with Gasteiger partial charge in [0.1, 0.15) is 22.9 Å². The number of hydrogen-bond acceptors (Lipinski definition) is 7. The van der Waals surface area contributed by atoms with Gasteiger partial charge in [-0.05, 0) is 29.8 Å². The molecule has 0 aliphatic rings. The molecule has 1 aromatic carbocycles. The van der Waals surface area contributed by atoms with E-state index in [1.807, 2.05) is 0 Å². The van der Waals surface area contributed by atoms with Gasteiger partial charge in [-0.1, -0.05) is 29.1 Å². The van der Waals surface area contributed by atoms with Crippen LogP contribution in [0, 0.1) is 5.82 Å². The van der Waals surface area contributed by atoms with E-state index in [9.17, 15) is 9.18 Å². The molecule has 0 aliphatic carbocycles. The summed E-state index contributed by atoms with van der Waals surface area (Å²) in [6, 6.07) is 9.72. The number of carbonyl (C=O) groups excluding carboxylic acids is 1. The van der Waals surface area contributed by atoms with Crippen LogP contribution >= 0.6 is 11.8 Å². The van der Waals surface area contributed by atoms with Gasteiger partial charge in [0.25, 0.3) is 0 Å². The molecule has 3 aromatic heterocycles. The Morgan fingerprint density at radius 2 is 2.07 bits per heavy atom. The van der Waals surface area contributed by atoms with Gasteiger partial charge >= 0.3 is 0 Å². The van der Waals surface area contributed by atoms with E-state index < -0.39 is 0 Å². The first-order valence-electron chi connectivity index (χ1n) is 8.39. The molecule has 0 spiro atoms. The smallest absolute Gasteiger partial charge is 0.230 e. The van der Waals surface area contributed by atoms with Crippen molar-refractivity contribution in [3.8, 4) is 0 Å². The molecule has 0 aliphatic heterocycles. The number of halogens is 1. The van der Waals surface area contributed by atoms with Crippen molar-refractivity contribution < 1.29 is 13.6 Å². The topological polar surface area (TPSA) is 98.7 Å². The van der Waals surface area contributed by atoms with E-state index in [0.29, 0.717) is 35.0 Å². The number of rotatable bonds is 7. The average molecular weight is 398 g/mol. The molecule has 0 unspecified atom stereocenters. The Balaban J connectivity index is 1.42. The minimum Gasteiger partial charge on any atom is -0.467 e. The van der Waals surface area contributed by atoms with Crippen molar-refractivity contribution in [2.24, 2.45) is 0 Å². The Labute approximate surface area is 163 Å². The van der Waals surface area contributed by atoms with Gasteiger partial charge in [0, 0.05) is 0 Å². The molecule has 4 aromatic rings.